The second-order valence-electron chi connectivity index (χ2n) is 35.9. The number of thioether (sulfide) groups is 1. The van der Waals surface area contributed by atoms with Gasteiger partial charge in [0, 0.05) is 112 Å². The number of unbranched alkanes of at least 4 members (excludes halogenated alkanes) is 2. The number of benzene rings is 3. The maximum atomic E-state index is 15.8. The number of imidazole rings is 1. The van der Waals surface area contributed by atoms with Gasteiger partial charge in [0.15, 0.2) is 5.96 Å². The number of aromatic amines is 3. The molecule has 3 aliphatic heterocycles. The van der Waals surface area contributed by atoms with E-state index in [1.54, 1.807) is 74.8 Å². The molecule has 43 heteroatoms. The number of carbonyl (C=O) groups is 17. The quantitative estimate of drug-likeness (QED) is 0.0174. The number of rotatable bonds is 27. The lowest BCUT2D eigenvalue weighted by Gasteiger charge is -2.36. The van der Waals surface area contributed by atoms with Gasteiger partial charge in [-0.2, -0.15) is 0 Å². The normalized spacial score (nSPS) is 24.0. The van der Waals surface area contributed by atoms with E-state index < -0.39 is 222 Å². The van der Waals surface area contributed by atoms with Crippen molar-refractivity contribution in [2.45, 2.75) is 255 Å². The van der Waals surface area contributed by atoms with Crippen LogP contribution >= 0.6 is 11.8 Å². The number of likely N-dealkylation sites (N-methyl/N-ethyl adjacent to an activating group) is 3. The minimum absolute atomic E-state index is 0.000770. The zero-order chi connectivity index (χ0) is 100. The maximum Gasteiger partial charge on any atom is 0.246 e. The Bertz CT molecular complexity index is 5300. The molecule has 6 aromatic rings. The van der Waals surface area contributed by atoms with Crippen molar-refractivity contribution < 1.29 is 86.6 Å². The van der Waals surface area contributed by atoms with Gasteiger partial charge in [-0.25, -0.2) is 4.98 Å². The van der Waals surface area contributed by atoms with Gasteiger partial charge in [0.25, 0.3) is 0 Å². The topological polar surface area (TPSA) is 621 Å². The number of primary amides is 2. The van der Waals surface area contributed by atoms with Crippen LogP contribution in [-0.2, 0) is 107 Å². The second kappa shape index (κ2) is 51.5. The average molecular weight is 1920 g/mol. The molecule has 1 unspecified atom stereocenters. The number of nitrogens with zero attached hydrogens (tertiary/aromatic N) is 6. The molecule has 42 nitrogen and oxygen atoms in total. The van der Waals surface area contributed by atoms with Crippen molar-refractivity contribution in [3.05, 3.63) is 125 Å². The number of fused-ring (bicyclic) bond motifs is 4. The van der Waals surface area contributed by atoms with Gasteiger partial charge in [0.1, 0.15) is 84.6 Å². The van der Waals surface area contributed by atoms with E-state index in [0.717, 1.165) is 43.2 Å². The summed E-state index contributed by atoms with van der Waals surface area (Å²) in [6.45, 7) is 10.6. The van der Waals surface area contributed by atoms with Gasteiger partial charge >= 0.3 is 0 Å². The summed E-state index contributed by atoms with van der Waals surface area (Å²) in [4.78, 5) is 271. The molecule has 744 valence electrons. The summed E-state index contributed by atoms with van der Waals surface area (Å²) < 4.78 is 0. The van der Waals surface area contributed by atoms with Crippen LogP contribution in [-0.4, -0.2) is 306 Å². The van der Waals surface area contributed by atoms with E-state index in [4.69, 9.17) is 22.6 Å². The first-order chi connectivity index (χ1) is 65.3. The Morgan fingerprint density at radius 3 is 1.62 bits per heavy atom. The Labute approximate surface area is 799 Å². The molecule has 0 spiro atoms. The van der Waals surface area contributed by atoms with Crippen molar-refractivity contribution in [1.82, 2.24) is 103 Å². The molecule has 3 aromatic heterocycles. The number of nitrogens with two attached hydrogens (primary N) is 3. The number of aryl methyl sites for hydroxylation is 3. The van der Waals surface area contributed by atoms with Crippen LogP contribution in [0.4, 0.5) is 0 Å². The number of aliphatic hydroxyl groups excluding tert-OH is 1. The fourth-order valence-corrected chi connectivity index (χ4v) is 18.1. The van der Waals surface area contributed by atoms with Gasteiger partial charge < -0.3 is 120 Å². The number of H-pyrrole nitrogens is 3. The predicted molar refractivity (Wildman–Crippen MR) is 511 cm³/mol. The van der Waals surface area contributed by atoms with Crippen molar-refractivity contribution >= 4 is 140 Å². The average Bonchev–Trinajstić information content (AvgIpc) is 1.68. The molecular weight excluding hydrogens is 1790 g/mol. The Hall–Kier alpha value is -13.5. The lowest BCUT2D eigenvalue weighted by Crippen LogP contribution is -2.62. The molecule has 3 saturated heterocycles. The molecule has 137 heavy (non-hydrogen) atoms. The second-order valence-corrected chi connectivity index (χ2v) is 36.9. The van der Waals surface area contributed by atoms with Crippen molar-refractivity contribution in [1.29, 1.82) is 5.41 Å². The van der Waals surface area contributed by atoms with Crippen molar-refractivity contribution in [3.63, 3.8) is 0 Å². The molecule has 0 saturated carbocycles. The van der Waals surface area contributed by atoms with Crippen LogP contribution in [0.5, 0.6) is 0 Å². The van der Waals surface area contributed by atoms with E-state index in [1.165, 1.54) is 50.4 Å². The summed E-state index contributed by atoms with van der Waals surface area (Å²) in [7, 11) is 4.01. The monoisotopic (exact) mass is 1920 g/mol. The third-order valence-corrected chi connectivity index (χ3v) is 26.2. The Morgan fingerprint density at radius 1 is 0.533 bits per heavy atom. The van der Waals surface area contributed by atoms with Crippen LogP contribution in [0.25, 0.3) is 21.8 Å². The fraction of sp³-hybridized carbons (Fsp3) is 0.543. The van der Waals surface area contributed by atoms with E-state index in [-0.39, 0.29) is 115 Å². The lowest BCUT2D eigenvalue weighted by atomic mass is 10.00. The van der Waals surface area contributed by atoms with Crippen LogP contribution in [0.15, 0.2) is 91.6 Å². The lowest BCUT2D eigenvalue weighted by molar-refractivity contribution is -0.149. The number of carbonyl (C=O) groups excluding carboxylic acids is 17. The Balaban J connectivity index is 1.10. The molecule has 0 bridgehead atoms. The van der Waals surface area contributed by atoms with Crippen molar-refractivity contribution in [3.8, 4) is 0 Å². The molecule has 17 amide bonds. The van der Waals surface area contributed by atoms with Crippen molar-refractivity contribution in [2.24, 2.45) is 23.1 Å². The predicted octanol–water partition coefficient (Wildman–Crippen LogP) is -0.598. The van der Waals surface area contributed by atoms with Gasteiger partial charge in [-0.15, -0.1) is 11.8 Å². The zero-order valence-corrected chi connectivity index (χ0v) is 80.2. The minimum atomic E-state index is -1.85. The molecule has 6 heterocycles. The number of para-hydroxylation sites is 2. The molecule has 0 radical (unpaired) electrons. The Morgan fingerprint density at radius 2 is 1.06 bits per heavy atom. The summed E-state index contributed by atoms with van der Waals surface area (Å²) in [6.07, 6.45) is 6.82. The zero-order valence-electron chi connectivity index (χ0n) is 79.4. The smallest absolute Gasteiger partial charge is 0.246 e. The van der Waals surface area contributed by atoms with E-state index >= 15 is 47.9 Å². The largest absolute Gasteiger partial charge is 0.394 e. The number of hydrogen-bond acceptors (Lipinski definition) is 21. The van der Waals surface area contributed by atoms with Crippen LogP contribution in [0.2, 0.25) is 0 Å². The molecule has 0 aliphatic carbocycles. The first kappa shape index (κ1) is 107. The molecule has 3 aliphatic rings. The van der Waals surface area contributed by atoms with E-state index in [0.29, 0.717) is 64.3 Å². The molecule has 3 aromatic carbocycles. The standard InChI is InChI=1S/C94H134N24O18S/c1-11-13-27-73-86(129)106-64(26-19-35-100-94(97)98)82(125)113-72(81(124)103-47-78(96)121)49-137-50-79(122)105-65(34-33-56-32-31-53(5)54(6)39-56)89(132)114(8)55(7)80(123)109-70(43-77(95)120)92(135)118-37-21-30-75(118)88(131)108-67(42-59-46-99-51-104-59)84(127)110-68(38-52(3)4)91(134)117-36-20-29-74(117)87(130)107-66(40-57-44-101-62-24-17-15-22-60(57)62)83(126)112-71(48-119)85(128)111-69(41-58-45-102-63-25-18-16-23-61(58)63)90(133)116(10)76(28-14-12-2)93(136)115(73)9/h15-18,22-25,31-32,39,44-46,51-52,55,64-76,101-102,119H,11-14,19-21,26-30,33-38,40-43,47-50H2,1-10H3,(H2,95,120)(H2,96,121)(H,99,104)(H,103,124)(H,105,122)(H,106,129)(H,107,130)(H,108,131)(H,109,123)(H,110,127)(H,111,128)(H,112,126)(H,113,125)(H4,97,98,100)/t55-,64-,65-,66-,67-,68-,69-,70-,71-,72-,73-,74?,75-,76-/m0/s1. The summed E-state index contributed by atoms with van der Waals surface area (Å²) >= 11 is 0.809. The van der Waals surface area contributed by atoms with Crippen LogP contribution in [0.3, 0.4) is 0 Å². The van der Waals surface area contributed by atoms with Crippen LogP contribution in [0, 0.1) is 25.2 Å². The third kappa shape index (κ3) is 30.0. The number of guanidine groups is 1. The van der Waals surface area contributed by atoms with E-state index in [9.17, 15) is 38.7 Å². The van der Waals surface area contributed by atoms with Gasteiger partial charge in [-0.05, 0) is 137 Å². The summed E-state index contributed by atoms with van der Waals surface area (Å²) in [5.74, 6) is -16.7. The third-order valence-electron chi connectivity index (χ3n) is 25.2. The molecule has 3 fully saturated rings. The molecule has 9 rings (SSSR count). The van der Waals surface area contributed by atoms with Gasteiger partial charge in [-0.3, -0.25) is 86.9 Å². The highest BCUT2D eigenvalue weighted by Crippen LogP contribution is 2.28. The van der Waals surface area contributed by atoms with Crippen molar-refractivity contribution in [2.75, 3.05) is 65.4 Å². The fourth-order valence-electron chi connectivity index (χ4n) is 17.2. The highest BCUT2D eigenvalue weighted by atomic mass is 32.2. The van der Waals surface area contributed by atoms with Gasteiger partial charge in [-0.1, -0.05) is 108 Å². The maximum absolute atomic E-state index is 15.8. The highest BCUT2D eigenvalue weighted by Gasteiger charge is 2.46. The van der Waals surface area contributed by atoms with Gasteiger partial charge in [0.05, 0.1) is 31.7 Å². The first-order valence-electron chi connectivity index (χ1n) is 46.7. The first-order valence-corrected chi connectivity index (χ1v) is 47.8. The van der Waals surface area contributed by atoms with E-state index in [1.807, 2.05) is 45.9 Å². The number of aliphatic hydroxyl groups is 1. The van der Waals surface area contributed by atoms with Crippen LogP contribution in [0.1, 0.15) is 164 Å². The molecule has 14 atom stereocenters. The van der Waals surface area contributed by atoms with E-state index in [2.05, 4.69) is 78.4 Å². The number of nitrogens with one attached hydrogen (secondary N) is 15. The Kier molecular flexibility index (Phi) is 40.3. The minimum Gasteiger partial charge on any atom is -0.394 e. The summed E-state index contributed by atoms with van der Waals surface area (Å²) in [5.41, 5.74) is 22.3. The van der Waals surface area contributed by atoms with Gasteiger partial charge in [0.2, 0.25) is 100 Å². The highest BCUT2D eigenvalue weighted by molar-refractivity contribution is 8.00. The number of amides is 17. The molecular formula is C94H134N24O18S. The summed E-state index contributed by atoms with van der Waals surface area (Å²) in [6, 6.07) is -0.962. The SMILES string of the molecule is CCCC[C@H]1C(=O)N(C)[C@@H](CCCC)C(=O)N[C@@H](CCCNC(=N)N)C(=O)N[C@H](C(=O)NCC(N)=O)CSCC(=O)N[C@@H](CCc2ccc(C)c(C)c2)C(=O)N(C)[C@@H](C)C(=O)N[C@@H](CC(N)=O)C(=O)N2CCC[C@H]2C(=O)N[C@@H](Cc2cnc[nH]2)C(=O)N[C@@H](CC(C)C)C(=O)N2CCCC2C(=O)N[C@@H](Cc2c[nH]c3ccccc23)C(=O)N[C@@H](CO)C(=O)N[C@@H](Cc2c[nH]c3ccccc23)C(=O)N1C. The number of aromatic nitrogens is 4. The number of hydrogen-bond donors (Lipinski definition) is 19. The summed E-state index contributed by atoms with van der Waals surface area (Å²) in [5, 5.41) is 50.1. The molecule has 22 N–H and O–H groups in total. The van der Waals surface area contributed by atoms with Crippen LogP contribution < -0.4 is 75.7 Å².